The van der Waals surface area contributed by atoms with Crippen LogP contribution in [0.2, 0.25) is 0 Å². The zero-order chi connectivity index (χ0) is 14.8. The van der Waals surface area contributed by atoms with Gasteiger partial charge in [0.2, 0.25) is 0 Å². The Balaban J connectivity index is 2.46. The number of rotatable bonds is 10. The molecular weight excluding hydrogens is 246 g/mol. The van der Waals surface area contributed by atoms with Crippen molar-refractivity contribution in [2.75, 3.05) is 19.6 Å². The topological polar surface area (TPSA) is 23.5 Å². The average molecular weight is 277 g/mol. The fourth-order valence-corrected chi connectivity index (χ4v) is 2.52. The van der Waals surface area contributed by atoms with Crippen LogP contribution >= 0.6 is 0 Å². The molecule has 0 spiro atoms. The minimum atomic E-state index is -0.332. The molecular formula is C18H31NO. The Labute approximate surface area is 124 Å². The summed E-state index contributed by atoms with van der Waals surface area (Å²) in [5.41, 5.74) is 2.27. The molecule has 0 aliphatic carbocycles. The van der Waals surface area contributed by atoms with Crippen molar-refractivity contribution in [1.82, 2.24) is 4.90 Å². The summed E-state index contributed by atoms with van der Waals surface area (Å²) in [6.45, 7) is 9.87. The van der Waals surface area contributed by atoms with E-state index in [0.717, 1.165) is 31.6 Å². The molecule has 0 radical (unpaired) electrons. The first-order valence-corrected chi connectivity index (χ1v) is 8.15. The average Bonchev–Trinajstić information content (AvgIpc) is 2.46. The maximum atomic E-state index is 10.4. The maximum absolute atomic E-state index is 10.4. The molecule has 1 rings (SSSR count). The molecule has 0 saturated carbocycles. The molecule has 0 aliphatic rings. The molecule has 0 saturated heterocycles. The number of hydrogen-bond donors (Lipinski definition) is 1. The fraction of sp³-hybridized carbons (Fsp3) is 0.667. The van der Waals surface area contributed by atoms with Gasteiger partial charge in [0.25, 0.3) is 0 Å². The predicted octanol–water partition coefficient (Wildman–Crippen LogP) is 4.32. The lowest BCUT2D eigenvalue weighted by molar-refractivity contribution is 0.140. The molecule has 1 unspecified atom stereocenters. The number of nitrogens with zero attached hydrogens (tertiary/aromatic N) is 1. The Bertz CT molecular complexity index is 356. The molecule has 20 heavy (non-hydrogen) atoms. The molecule has 1 N–H and O–H groups in total. The highest BCUT2D eigenvalue weighted by molar-refractivity contribution is 5.27. The summed E-state index contributed by atoms with van der Waals surface area (Å²) < 4.78 is 0. The Morgan fingerprint density at radius 2 is 1.60 bits per heavy atom. The van der Waals surface area contributed by atoms with Gasteiger partial charge >= 0.3 is 0 Å². The number of unbranched alkanes of at least 4 members (excludes halogenated alkanes) is 2. The highest BCUT2D eigenvalue weighted by Crippen LogP contribution is 2.20. The monoisotopic (exact) mass is 277 g/mol. The third-order valence-electron chi connectivity index (χ3n) is 3.92. The highest BCUT2D eigenvalue weighted by atomic mass is 16.3. The maximum Gasteiger partial charge on any atom is 0.0804 e. The smallest absolute Gasteiger partial charge is 0.0804 e. The van der Waals surface area contributed by atoms with Crippen molar-refractivity contribution in [2.45, 2.75) is 59.0 Å². The number of benzene rings is 1. The van der Waals surface area contributed by atoms with Crippen molar-refractivity contribution >= 4 is 0 Å². The molecule has 0 heterocycles. The quantitative estimate of drug-likeness (QED) is 0.688. The molecule has 1 aromatic carbocycles. The van der Waals surface area contributed by atoms with Crippen LogP contribution in [-0.2, 0) is 0 Å². The molecule has 114 valence electrons. The molecule has 1 atom stereocenters. The van der Waals surface area contributed by atoms with Crippen molar-refractivity contribution in [1.29, 1.82) is 0 Å². The van der Waals surface area contributed by atoms with Crippen LogP contribution in [0.3, 0.4) is 0 Å². The largest absolute Gasteiger partial charge is 0.388 e. The first kappa shape index (κ1) is 17.2. The number of aryl methyl sites for hydroxylation is 1. The van der Waals surface area contributed by atoms with E-state index in [2.05, 4.69) is 31.7 Å². The molecule has 0 amide bonds. The number of aliphatic hydroxyl groups is 1. The van der Waals surface area contributed by atoms with Gasteiger partial charge in [0.1, 0.15) is 0 Å². The predicted molar refractivity (Wildman–Crippen MR) is 87.0 cm³/mol. The first-order valence-electron chi connectivity index (χ1n) is 8.15. The van der Waals surface area contributed by atoms with Crippen LogP contribution in [0.5, 0.6) is 0 Å². The minimum Gasteiger partial charge on any atom is -0.388 e. The highest BCUT2D eigenvalue weighted by Gasteiger charge is 2.12. The second-order valence-corrected chi connectivity index (χ2v) is 5.71. The van der Waals surface area contributed by atoms with E-state index in [-0.39, 0.29) is 6.10 Å². The Morgan fingerprint density at radius 1 is 1.00 bits per heavy atom. The third kappa shape index (κ3) is 6.06. The minimum absolute atomic E-state index is 0.332. The summed E-state index contributed by atoms with van der Waals surface area (Å²) in [5.74, 6) is 0. The Hall–Kier alpha value is -0.860. The first-order chi connectivity index (χ1) is 9.69. The summed E-state index contributed by atoms with van der Waals surface area (Å²) in [6, 6.07) is 8.16. The van der Waals surface area contributed by atoms with Crippen molar-refractivity contribution in [3.05, 3.63) is 35.4 Å². The van der Waals surface area contributed by atoms with E-state index < -0.39 is 0 Å². The lowest BCUT2D eigenvalue weighted by Crippen LogP contribution is -2.28. The van der Waals surface area contributed by atoms with E-state index in [1.807, 2.05) is 18.2 Å². The lowest BCUT2D eigenvalue weighted by atomic mass is 10.0. The summed E-state index contributed by atoms with van der Waals surface area (Å²) in [7, 11) is 0. The van der Waals surface area contributed by atoms with Crippen molar-refractivity contribution in [2.24, 2.45) is 0 Å². The molecule has 0 fully saturated rings. The Morgan fingerprint density at radius 3 is 2.15 bits per heavy atom. The van der Waals surface area contributed by atoms with Crippen LogP contribution in [0.1, 0.15) is 63.2 Å². The summed E-state index contributed by atoms with van der Waals surface area (Å²) in [5, 5.41) is 10.4. The second kappa shape index (κ2) is 9.95. The van der Waals surface area contributed by atoms with Crippen LogP contribution in [0.4, 0.5) is 0 Å². The molecule has 0 aromatic heterocycles. The van der Waals surface area contributed by atoms with Crippen molar-refractivity contribution in [3.8, 4) is 0 Å². The standard InChI is InChI=1S/C18H31NO/c1-4-6-13-19(14-7-5-2)15-12-18(20)17-11-9-8-10-16(17)3/h8-11,18,20H,4-7,12-15H2,1-3H3. The molecule has 0 bridgehead atoms. The second-order valence-electron chi connectivity index (χ2n) is 5.71. The summed E-state index contributed by atoms with van der Waals surface area (Å²) in [6.07, 6.45) is 5.49. The van der Waals surface area contributed by atoms with E-state index in [4.69, 9.17) is 0 Å². The normalized spacial score (nSPS) is 12.8. The molecule has 2 nitrogen and oxygen atoms in total. The molecule has 1 aromatic rings. The van der Waals surface area contributed by atoms with Crippen LogP contribution in [0.15, 0.2) is 24.3 Å². The van der Waals surface area contributed by atoms with E-state index in [1.54, 1.807) is 0 Å². The van der Waals surface area contributed by atoms with Gasteiger partial charge in [-0.1, -0.05) is 51.0 Å². The van der Waals surface area contributed by atoms with Gasteiger partial charge in [0, 0.05) is 6.54 Å². The zero-order valence-electron chi connectivity index (χ0n) is 13.4. The van der Waals surface area contributed by atoms with Gasteiger partial charge in [-0.25, -0.2) is 0 Å². The van der Waals surface area contributed by atoms with E-state index in [1.165, 1.54) is 31.2 Å². The van der Waals surface area contributed by atoms with Crippen LogP contribution in [0.25, 0.3) is 0 Å². The number of hydrogen-bond acceptors (Lipinski definition) is 2. The lowest BCUT2D eigenvalue weighted by Gasteiger charge is -2.24. The van der Waals surface area contributed by atoms with Crippen LogP contribution < -0.4 is 0 Å². The van der Waals surface area contributed by atoms with E-state index in [9.17, 15) is 5.11 Å². The van der Waals surface area contributed by atoms with Gasteiger partial charge in [0.05, 0.1) is 6.10 Å². The zero-order valence-corrected chi connectivity index (χ0v) is 13.4. The van der Waals surface area contributed by atoms with E-state index >= 15 is 0 Å². The molecule has 2 heteroatoms. The summed E-state index contributed by atoms with van der Waals surface area (Å²) in [4.78, 5) is 2.51. The third-order valence-corrected chi connectivity index (χ3v) is 3.92. The van der Waals surface area contributed by atoms with Gasteiger partial charge in [-0.3, -0.25) is 0 Å². The van der Waals surface area contributed by atoms with Gasteiger partial charge in [-0.05, 0) is 50.4 Å². The van der Waals surface area contributed by atoms with Crippen molar-refractivity contribution < 1.29 is 5.11 Å². The van der Waals surface area contributed by atoms with Gasteiger partial charge in [0.15, 0.2) is 0 Å². The van der Waals surface area contributed by atoms with Crippen LogP contribution in [0, 0.1) is 6.92 Å². The SMILES string of the molecule is CCCCN(CCCC)CCC(O)c1ccccc1C. The van der Waals surface area contributed by atoms with Crippen LogP contribution in [-0.4, -0.2) is 29.6 Å². The van der Waals surface area contributed by atoms with Gasteiger partial charge < -0.3 is 10.0 Å². The van der Waals surface area contributed by atoms with E-state index in [0.29, 0.717) is 0 Å². The van der Waals surface area contributed by atoms with Gasteiger partial charge in [-0.2, -0.15) is 0 Å². The number of aliphatic hydroxyl groups excluding tert-OH is 1. The fourth-order valence-electron chi connectivity index (χ4n) is 2.52. The Kier molecular flexibility index (Phi) is 8.56. The van der Waals surface area contributed by atoms with Crippen molar-refractivity contribution in [3.63, 3.8) is 0 Å². The summed E-state index contributed by atoms with van der Waals surface area (Å²) >= 11 is 0. The van der Waals surface area contributed by atoms with Gasteiger partial charge in [-0.15, -0.1) is 0 Å². The molecule has 0 aliphatic heterocycles.